The van der Waals surface area contributed by atoms with Crippen LogP contribution in [0.2, 0.25) is 0 Å². The van der Waals surface area contributed by atoms with Crippen molar-refractivity contribution in [2.24, 2.45) is 0 Å². The van der Waals surface area contributed by atoms with Crippen LogP contribution < -0.4 is 10.2 Å². The van der Waals surface area contributed by atoms with Crippen molar-refractivity contribution in [3.63, 3.8) is 0 Å². The van der Waals surface area contributed by atoms with Crippen molar-refractivity contribution in [1.82, 2.24) is 0 Å². The van der Waals surface area contributed by atoms with E-state index in [1.54, 1.807) is 19.1 Å². The Morgan fingerprint density at radius 3 is 2.11 bits per heavy atom. The van der Waals surface area contributed by atoms with Crippen LogP contribution >= 0.6 is 0 Å². The fourth-order valence-electron chi connectivity index (χ4n) is 2.06. The van der Waals surface area contributed by atoms with Crippen LogP contribution in [0.15, 0.2) is 12.1 Å². The van der Waals surface area contributed by atoms with E-state index in [1.165, 1.54) is 7.11 Å². The second kappa shape index (κ2) is 4.49. The molecule has 5 heteroatoms. The first-order valence-corrected chi connectivity index (χ1v) is 6.38. The molecule has 0 N–H and O–H groups in total. The van der Waals surface area contributed by atoms with Gasteiger partial charge in [-0.3, -0.25) is 0 Å². The first-order valence-electron chi connectivity index (χ1n) is 6.38. The molecule has 1 heterocycles. The van der Waals surface area contributed by atoms with E-state index >= 15 is 0 Å². The summed E-state index contributed by atoms with van der Waals surface area (Å²) in [5, 5.41) is 0. The largest absolute Gasteiger partial charge is 0.495 e. The van der Waals surface area contributed by atoms with Gasteiger partial charge in [0.2, 0.25) is 0 Å². The summed E-state index contributed by atoms with van der Waals surface area (Å²) < 4.78 is 30.9. The molecule has 0 amide bonds. The van der Waals surface area contributed by atoms with Crippen molar-refractivity contribution in [3.05, 3.63) is 23.5 Å². The average molecular weight is 266 g/mol. The Kier molecular flexibility index (Phi) is 3.39. The Morgan fingerprint density at radius 2 is 1.63 bits per heavy atom. The topological polar surface area (TPSA) is 27.7 Å². The number of halogens is 1. The number of hydrogen-bond acceptors (Lipinski definition) is 3. The molecule has 19 heavy (non-hydrogen) atoms. The molecule has 3 nitrogen and oxygen atoms in total. The Balaban J connectivity index is 2.38. The highest BCUT2D eigenvalue weighted by atomic mass is 19.1. The summed E-state index contributed by atoms with van der Waals surface area (Å²) in [4.78, 5) is 0. The summed E-state index contributed by atoms with van der Waals surface area (Å²) in [7, 11) is 0.900. The smallest absolute Gasteiger partial charge is 0.494 e. The maximum absolute atomic E-state index is 14.1. The van der Waals surface area contributed by atoms with Gasteiger partial charge in [-0.15, -0.1) is 0 Å². The fraction of sp³-hybridized carbons (Fsp3) is 0.571. The third-order valence-electron chi connectivity index (χ3n) is 4.12. The van der Waals surface area contributed by atoms with Crippen LogP contribution in [-0.4, -0.2) is 25.4 Å². The zero-order valence-electron chi connectivity index (χ0n) is 12.3. The van der Waals surface area contributed by atoms with E-state index in [1.807, 2.05) is 27.7 Å². The summed E-state index contributed by atoms with van der Waals surface area (Å²) in [5.74, 6) is -0.132. The van der Waals surface area contributed by atoms with Crippen LogP contribution in [0.3, 0.4) is 0 Å². The minimum absolute atomic E-state index is 0.234. The third-order valence-corrected chi connectivity index (χ3v) is 4.12. The van der Waals surface area contributed by atoms with Gasteiger partial charge in [-0.2, -0.15) is 0 Å². The van der Waals surface area contributed by atoms with Crippen molar-refractivity contribution >= 4 is 12.6 Å². The van der Waals surface area contributed by atoms with Crippen molar-refractivity contribution in [1.29, 1.82) is 0 Å². The van der Waals surface area contributed by atoms with Crippen LogP contribution in [0, 0.1) is 12.7 Å². The Bertz CT molecular complexity index is 484. The minimum Gasteiger partial charge on any atom is -0.494 e. The molecule has 104 valence electrons. The quantitative estimate of drug-likeness (QED) is 0.769. The average Bonchev–Trinajstić information content (AvgIpc) is 2.51. The minimum atomic E-state index is -0.551. The highest BCUT2D eigenvalue weighted by molar-refractivity contribution is 6.62. The van der Waals surface area contributed by atoms with Crippen LogP contribution in [-0.2, 0) is 9.31 Å². The number of rotatable bonds is 2. The van der Waals surface area contributed by atoms with Crippen molar-refractivity contribution in [2.45, 2.75) is 45.8 Å². The lowest BCUT2D eigenvalue weighted by atomic mass is 9.76. The number of methoxy groups -OCH3 is 1. The van der Waals surface area contributed by atoms with Gasteiger partial charge in [0.25, 0.3) is 0 Å². The molecule has 0 spiro atoms. The Labute approximate surface area is 114 Å². The van der Waals surface area contributed by atoms with E-state index in [9.17, 15) is 4.39 Å². The monoisotopic (exact) mass is 266 g/mol. The van der Waals surface area contributed by atoms with Gasteiger partial charge in [0, 0.05) is 0 Å². The maximum Gasteiger partial charge on any atom is 0.495 e. The molecule has 0 saturated carbocycles. The van der Waals surface area contributed by atoms with Crippen molar-refractivity contribution in [3.8, 4) is 5.75 Å². The van der Waals surface area contributed by atoms with Crippen LogP contribution in [0.4, 0.5) is 4.39 Å². The van der Waals surface area contributed by atoms with E-state index in [-0.39, 0.29) is 11.6 Å². The molecule has 0 aliphatic carbocycles. The molecule has 0 unspecified atom stereocenters. The van der Waals surface area contributed by atoms with Crippen molar-refractivity contribution in [2.75, 3.05) is 7.11 Å². The number of benzene rings is 1. The summed E-state index contributed by atoms with van der Waals surface area (Å²) in [5.41, 5.74) is 0.343. The lowest BCUT2D eigenvalue weighted by Crippen LogP contribution is -2.41. The molecular formula is C14H20BFO3. The van der Waals surface area contributed by atoms with E-state index in [2.05, 4.69) is 0 Å². The molecular weight excluding hydrogens is 246 g/mol. The van der Waals surface area contributed by atoms with Gasteiger partial charge in [-0.25, -0.2) is 4.39 Å². The lowest BCUT2D eigenvalue weighted by Gasteiger charge is -2.32. The van der Waals surface area contributed by atoms with Gasteiger partial charge in [-0.1, -0.05) is 6.07 Å². The normalized spacial score (nSPS) is 20.7. The second-order valence-electron chi connectivity index (χ2n) is 5.88. The fourth-order valence-corrected chi connectivity index (χ4v) is 2.06. The first-order chi connectivity index (χ1) is 8.69. The van der Waals surface area contributed by atoms with Gasteiger partial charge >= 0.3 is 7.12 Å². The third kappa shape index (κ3) is 2.25. The first kappa shape index (κ1) is 14.3. The molecule has 0 bridgehead atoms. The highest BCUT2D eigenvalue weighted by Crippen LogP contribution is 2.37. The van der Waals surface area contributed by atoms with E-state index in [0.29, 0.717) is 11.0 Å². The predicted molar refractivity (Wildman–Crippen MR) is 73.4 cm³/mol. The molecule has 0 atom stereocenters. The zero-order valence-corrected chi connectivity index (χ0v) is 12.3. The lowest BCUT2D eigenvalue weighted by molar-refractivity contribution is 0.00578. The van der Waals surface area contributed by atoms with E-state index in [0.717, 1.165) is 0 Å². The highest BCUT2D eigenvalue weighted by Gasteiger charge is 2.52. The standard InChI is InChI=1S/C14H20BFO3/c1-9-10(7-8-11(17-6)12(9)16)15-18-13(2,3)14(4,5)19-15/h7-8H,1-6H3. The summed E-state index contributed by atoms with van der Waals surface area (Å²) in [6, 6.07) is 3.39. The second-order valence-corrected chi connectivity index (χ2v) is 5.88. The maximum atomic E-state index is 14.1. The molecule has 1 aromatic rings. The molecule has 2 rings (SSSR count). The summed E-state index contributed by atoms with van der Waals surface area (Å²) >= 11 is 0. The summed E-state index contributed by atoms with van der Waals surface area (Å²) in [6.07, 6.45) is 0. The van der Waals surface area contributed by atoms with E-state index in [4.69, 9.17) is 14.0 Å². The van der Waals surface area contributed by atoms with Crippen LogP contribution in [0.1, 0.15) is 33.3 Å². The number of ether oxygens (including phenoxy) is 1. The molecule has 1 saturated heterocycles. The van der Waals surface area contributed by atoms with Gasteiger partial charge < -0.3 is 14.0 Å². The summed E-state index contributed by atoms with van der Waals surface area (Å²) in [6.45, 7) is 9.60. The van der Waals surface area contributed by atoms with Gasteiger partial charge in [-0.05, 0) is 51.7 Å². The molecule has 1 fully saturated rings. The Hall–Kier alpha value is -1.07. The van der Waals surface area contributed by atoms with Gasteiger partial charge in [0.15, 0.2) is 11.6 Å². The number of hydrogen-bond donors (Lipinski definition) is 0. The SMILES string of the molecule is COc1ccc(B2OC(C)(C)C(C)(C)O2)c(C)c1F. The van der Waals surface area contributed by atoms with Gasteiger partial charge in [0.05, 0.1) is 18.3 Å². The molecule has 1 aliphatic rings. The van der Waals surface area contributed by atoms with E-state index < -0.39 is 18.3 Å². The van der Waals surface area contributed by atoms with Crippen LogP contribution in [0.25, 0.3) is 0 Å². The van der Waals surface area contributed by atoms with Gasteiger partial charge in [0.1, 0.15) is 0 Å². The molecule has 1 aliphatic heterocycles. The van der Waals surface area contributed by atoms with Crippen molar-refractivity contribution < 1.29 is 18.4 Å². The predicted octanol–water partition coefficient (Wildman–Crippen LogP) is 2.44. The molecule has 0 radical (unpaired) electrons. The zero-order chi connectivity index (χ0) is 14.4. The Morgan fingerprint density at radius 1 is 1.11 bits per heavy atom. The molecule has 0 aromatic heterocycles. The molecule has 1 aromatic carbocycles. The van der Waals surface area contributed by atoms with Crippen LogP contribution in [0.5, 0.6) is 5.75 Å².